The van der Waals surface area contributed by atoms with E-state index in [1.807, 2.05) is 38.1 Å². The van der Waals surface area contributed by atoms with Crippen LogP contribution in [0.4, 0.5) is 4.79 Å². The number of ether oxygens (including phenoxy) is 1. The van der Waals surface area contributed by atoms with Crippen molar-refractivity contribution in [1.29, 1.82) is 0 Å². The number of hydrogen-bond acceptors (Lipinski definition) is 4. The highest BCUT2D eigenvalue weighted by Crippen LogP contribution is 2.13. The van der Waals surface area contributed by atoms with Crippen LogP contribution < -0.4 is 10.6 Å². The van der Waals surface area contributed by atoms with Gasteiger partial charge in [-0.15, -0.1) is 0 Å². The molecule has 1 heterocycles. The Bertz CT molecular complexity index is 581. The first kappa shape index (κ1) is 19.2. The number of hydrogen-bond donors (Lipinski definition) is 2. The van der Waals surface area contributed by atoms with Crippen molar-refractivity contribution in [3.05, 3.63) is 35.4 Å². The summed E-state index contributed by atoms with van der Waals surface area (Å²) in [6, 6.07) is 8.00. The van der Waals surface area contributed by atoms with E-state index in [1.54, 1.807) is 11.9 Å². The average molecular weight is 347 g/mol. The minimum Gasteiger partial charge on any atom is -0.449 e. The van der Waals surface area contributed by atoms with Gasteiger partial charge < -0.3 is 20.3 Å². The minimum absolute atomic E-state index is 0.0740. The third-order valence-corrected chi connectivity index (χ3v) is 4.30. The zero-order valence-corrected chi connectivity index (χ0v) is 15.4. The molecule has 0 atom stereocenters. The van der Waals surface area contributed by atoms with Crippen LogP contribution in [-0.2, 0) is 11.3 Å². The molecule has 0 aromatic heterocycles. The maximum absolute atomic E-state index is 12.0. The molecule has 1 aromatic carbocycles. The van der Waals surface area contributed by atoms with Gasteiger partial charge in [0.05, 0.1) is 6.61 Å². The molecule has 2 amide bonds. The van der Waals surface area contributed by atoms with Crippen molar-refractivity contribution in [2.24, 2.45) is 5.92 Å². The summed E-state index contributed by atoms with van der Waals surface area (Å²) in [4.78, 5) is 25.4. The predicted octanol–water partition coefficient (Wildman–Crippen LogP) is 2.39. The summed E-state index contributed by atoms with van der Waals surface area (Å²) in [5.41, 5.74) is 1.75. The van der Waals surface area contributed by atoms with Crippen molar-refractivity contribution in [3.63, 3.8) is 0 Å². The van der Waals surface area contributed by atoms with Gasteiger partial charge in [-0.3, -0.25) is 4.79 Å². The topological polar surface area (TPSA) is 70.7 Å². The molecule has 0 saturated carbocycles. The highest BCUT2D eigenvalue weighted by Gasteiger charge is 2.23. The van der Waals surface area contributed by atoms with Crippen LogP contribution in [0.3, 0.4) is 0 Å². The number of carbonyl (C=O) groups excluding carboxylic acids is 2. The number of benzene rings is 1. The molecule has 1 saturated heterocycles. The van der Waals surface area contributed by atoms with Gasteiger partial charge in [0, 0.05) is 38.3 Å². The normalized spacial score (nSPS) is 15.3. The maximum atomic E-state index is 12.0. The lowest BCUT2D eigenvalue weighted by molar-refractivity contribution is 0.0817. The van der Waals surface area contributed by atoms with Gasteiger partial charge in [-0.25, -0.2) is 4.79 Å². The van der Waals surface area contributed by atoms with Crippen LogP contribution >= 0.6 is 0 Å². The Balaban J connectivity index is 1.75. The lowest BCUT2D eigenvalue weighted by Gasteiger charge is -2.32. The van der Waals surface area contributed by atoms with Crippen molar-refractivity contribution in [1.82, 2.24) is 15.5 Å². The van der Waals surface area contributed by atoms with Crippen LogP contribution in [0, 0.1) is 5.92 Å². The van der Waals surface area contributed by atoms with Crippen LogP contribution in [-0.4, -0.2) is 49.7 Å². The first-order valence-electron chi connectivity index (χ1n) is 8.95. The summed E-state index contributed by atoms with van der Waals surface area (Å²) in [5, 5.41) is 6.16. The lowest BCUT2D eigenvalue weighted by atomic mass is 10.0. The summed E-state index contributed by atoms with van der Waals surface area (Å²) >= 11 is 0. The Morgan fingerprint density at radius 3 is 2.64 bits per heavy atom. The van der Waals surface area contributed by atoms with E-state index in [0.29, 0.717) is 43.8 Å². The van der Waals surface area contributed by atoms with Gasteiger partial charge in [-0.1, -0.05) is 26.0 Å². The van der Waals surface area contributed by atoms with Gasteiger partial charge in [-0.2, -0.15) is 0 Å². The Morgan fingerprint density at radius 1 is 1.28 bits per heavy atom. The molecule has 6 nitrogen and oxygen atoms in total. The van der Waals surface area contributed by atoms with Crippen LogP contribution in [0.15, 0.2) is 24.3 Å². The van der Waals surface area contributed by atoms with Gasteiger partial charge in [0.25, 0.3) is 5.91 Å². The number of nitrogens with one attached hydrogen (secondary N) is 2. The monoisotopic (exact) mass is 347 g/mol. The predicted molar refractivity (Wildman–Crippen MR) is 97.5 cm³/mol. The number of carbonyl (C=O) groups is 2. The fraction of sp³-hybridized carbons (Fsp3) is 0.579. The van der Waals surface area contributed by atoms with E-state index in [1.165, 1.54) is 0 Å². The number of nitrogens with zero attached hydrogens (tertiary/aromatic N) is 1. The Labute approximate surface area is 149 Å². The standard InChI is InChI=1S/C19H29N3O3/c1-14(2)13-25-19(24)22-9-7-17(8-10-22)21-12-15-5-4-6-16(11-15)18(23)20-3/h4-6,11,14,17,21H,7-10,12-13H2,1-3H3,(H,20,23). The second-order valence-electron chi connectivity index (χ2n) is 6.89. The fourth-order valence-electron chi connectivity index (χ4n) is 2.82. The van der Waals surface area contributed by atoms with E-state index in [0.717, 1.165) is 18.4 Å². The largest absolute Gasteiger partial charge is 0.449 e. The molecular formula is C19H29N3O3. The van der Waals surface area contributed by atoms with Crippen molar-refractivity contribution < 1.29 is 14.3 Å². The molecule has 0 radical (unpaired) electrons. The molecule has 0 bridgehead atoms. The summed E-state index contributed by atoms with van der Waals surface area (Å²) in [6.07, 6.45) is 1.61. The smallest absolute Gasteiger partial charge is 0.409 e. The first-order chi connectivity index (χ1) is 12.0. The van der Waals surface area contributed by atoms with Gasteiger partial charge in [0.15, 0.2) is 0 Å². The van der Waals surface area contributed by atoms with E-state index < -0.39 is 0 Å². The van der Waals surface area contributed by atoms with Crippen LogP contribution in [0.1, 0.15) is 42.6 Å². The van der Waals surface area contributed by atoms with Crippen LogP contribution in [0.5, 0.6) is 0 Å². The van der Waals surface area contributed by atoms with Gasteiger partial charge in [0.2, 0.25) is 0 Å². The maximum Gasteiger partial charge on any atom is 0.409 e. The minimum atomic E-state index is -0.203. The van der Waals surface area contributed by atoms with Gasteiger partial charge in [-0.05, 0) is 36.5 Å². The summed E-state index contributed by atoms with van der Waals surface area (Å²) < 4.78 is 5.28. The van der Waals surface area contributed by atoms with E-state index in [-0.39, 0.29) is 12.0 Å². The Morgan fingerprint density at radius 2 is 2.00 bits per heavy atom. The van der Waals surface area contributed by atoms with Crippen LogP contribution in [0.2, 0.25) is 0 Å². The highest BCUT2D eigenvalue weighted by atomic mass is 16.6. The molecule has 1 fully saturated rings. The number of rotatable bonds is 6. The lowest BCUT2D eigenvalue weighted by Crippen LogP contribution is -2.45. The summed E-state index contributed by atoms with van der Waals surface area (Å²) in [7, 11) is 1.63. The van der Waals surface area contributed by atoms with Crippen molar-refractivity contribution in [3.8, 4) is 0 Å². The number of likely N-dealkylation sites (tertiary alicyclic amines) is 1. The fourth-order valence-corrected chi connectivity index (χ4v) is 2.82. The van der Waals surface area contributed by atoms with E-state index in [9.17, 15) is 9.59 Å². The molecule has 2 rings (SSSR count). The molecule has 0 aliphatic carbocycles. The number of piperidine rings is 1. The average Bonchev–Trinajstić information content (AvgIpc) is 2.64. The zero-order valence-electron chi connectivity index (χ0n) is 15.4. The Hall–Kier alpha value is -2.08. The summed E-state index contributed by atoms with van der Waals surface area (Å²) in [5.74, 6) is 0.281. The molecule has 138 valence electrons. The van der Waals surface area contributed by atoms with E-state index in [2.05, 4.69) is 10.6 Å². The van der Waals surface area contributed by atoms with Gasteiger partial charge >= 0.3 is 6.09 Å². The molecule has 1 aliphatic rings. The zero-order chi connectivity index (χ0) is 18.2. The quantitative estimate of drug-likeness (QED) is 0.829. The van der Waals surface area contributed by atoms with E-state index >= 15 is 0 Å². The molecule has 25 heavy (non-hydrogen) atoms. The van der Waals surface area contributed by atoms with Crippen molar-refractivity contribution in [2.75, 3.05) is 26.7 Å². The highest BCUT2D eigenvalue weighted by molar-refractivity contribution is 5.94. The molecule has 0 spiro atoms. The first-order valence-corrected chi connectivity index (χ1v) is 8.95. The van der Waals surface area contributed by atoms with Crippen molar-refractivity contribution in [2.45, 2.75) is 39.3 Å². The molecule has 1 aromatic rings. The third kappa shape index (κ3) is 6.05. The molecule has 1 aliphatic heterocycles. The molecule has 2 N–H and O–H groups in total. The second-order valence-corrected chi connectivity index (χ2v) is 6.89. The second kappa shape index (κ2) is 9.42. The number of amides is 2. The molecular weight excluding hydrogens is 318 g/mol. The molecule has 0 unspecified atom stereocenters. The van der Waals surface area contributed by atoms with Crippen LogP contribution in [0.25, 0.3) is 0 Å². The van der Waals surface area contributed by atoms with Gasteiger partial charge in [0.1, 0.15) is 0 Å². The third-order valence-electron chi connectivity index (χ3n) is 4.30. The Kier molecular flexibility index (Phi) is 7.25. The molecule has 6 heteroatoms. The summed E-state index contributed by atoms with van der Waals surface area (Å²) in [6.45, 7) is 6.68. The van der Waals surface area contributed by atoms with E-state index in [4.69, 9.17) is 4.74 Å². The SMILES string of the molecule is CNC(=O)c1cccc(CNC2CCN(C(=O)OCC(C)C)CC2)c1. The van der Waals surface area contributed by atoms with Crippen molar-refractivity contribution >= 4 is 12.0 Å².